The van der Waals surface area contributed by atoms with Crippen molar-refractivity contribution in [3.63, 3.8) is 0 Å². The number of hydrogen-bond donors (Lipinski definition) is 2. The number of nitrogens with two attached hydrogens (primary N) is 1. The van der Waals surface area contributed by atoms with E-state index in [9.17, 15) is 4.79 Å². The number of hydrogen-bond acceptors (Lipinski definition) is 8. The number of nitrogens with zero attached hydrogens (tertiary/aromatic N) is 5. The van der Waals surface area contributed by atoms with E-state index in [0.717, 1.165) is 16.9 Å². The summed E-state index contributed by atoms with van der Waals surface area (Å²) >= 11 is 0. The minimum atomic E-state index is -0.453. The van der Waals surface area contributed by atoms with Crippen LogP contribution in [0.1, 0.15) is 22.1 Å². The molecule has 3 N–H and O–H groups in total. The van der Waals surface area contributed by atoms with Gasteiger partial charge in [-0.25, -0.2) is 14.8 Å². The van der Waals surface area contributed by atoms with Crippen LogP contribution < -0.4 is 11.1 Å². The van der Waals surface area contributed by atoms with Gasteiger partial charge in [0, 0.05) is 44.7 Å². The van der Waals surface area contributed by atoms with Crippen LogP contribution in [-0.2, 0) is 16.5 Å². The van der Waals surface area contributed by atoms with Gasteiger partial charge in [0.15, 0.2) is 0 Å². The molecule has 30 heavy (non-hydrogen) atoms. The predicted molar refractivity (Wildman–Crippen MR) is 115 cm³/mol. The average molecular weight is 436 g/mol. The number of halogens is 1. The molecular formula is C19H26ClN7O3. The summed E-state index contributed by atoms with van der Waals surface area (Å²) in [4.78, 5) is 21.3. The van der Waals surface area contributed by atoms with E-state index in [1.807, 2.05) is 26.2 Å². The standard InChI is InChI=1S/C19H25N7O3.ClH/c1-12-9-21-19(23-16-5-6-22-25(16)2)24-17(12)13-7-15(18(27)29-4)26(10-13)14(8-20)11-28-3;/h5-7,9-10,14H,8,11,20H2,1-4H3,(H,21,23,24);1H. The Morgan fingerprint density at radius 1 is 1.37 bits per heavy atom. The molecule has 0 amide bonds. The maximum absolute atomic E-state index is 12.3. The molecule has 0 saturated heterocycles. The van der Waals surface area contributed by atoms with Crippen molar-refractivity contribution in [3.05, 3.63) is 42.0 Å². The second-order valence-corrected chi connectivity index (χ2v) is 6.55. The van der Waals surface area contributed by atoms with Crippen molar-refractivity contribution >= 4 is 30.1 Å². The van der Waals surface area contributed by atoms with Gasteiger partial charge in [-0.1, -0.05) is 0 Å². The number of ether oxygens (including phenoxy) is 2. The van der Waals surface area contributed by atoms with Crippen LogP contribution in [0.3, 0.4) is 0 Å². The van der Waals surface area contributed by atoms with E-state index in [2.05, 4.69) is 20.4 Å². The van der Waals surface area contributed by atoms with Crippen LogP contribution in [0.25, 0.3) is 11.3 Å². The van der Waals surface area contributed by atoms with E-state index in [4.69, 9.17) is 15.2 Å². The molecule has 3 heterocycles. The number of carbonyl (C=O) groups excluding carboxylic acids is 1. The first-order valence-electron chi connectivity index (χ1n) is 9.06. The molecule has 3 aromatic rings. The van der Waals surface area contributed by atoms with E-state index < -0.39 is 5.97 Å². The fourth-order valence-corrected chi connectivity index (χ4v) is 3.04. The monoisotopic (exact) mass is 435 g/mol. The molecular weight excluding hydrogens is 410 g/mol. The smallest absolute Gasteiger partial charge is 0.354 e. The molecule has 11 heteroatoms. The highest BCUT2D eigenvalue weighted by Crippen LogP contribution is 2.27. The number of nitrogens with one attached hydrogen (secondary N) is 1. The second kappa shape index (κ2) is 10.2. The Hall–Kier alpha value is -2.95. The largest absolute Gasteiger partial charge is 0.464 e. The molecule has 162 valence electrons. The van der Waals surface area contributed by atoms with Crippen LogP contribution in [0.2, 0.25) is 0 Å². The Morgan fingerprint density at radius 3 is 2.73 bits per heavy atom. The molecule has 10 nitrogen and oxygen atoms in total. The van der Waals surface area contributed by atoms with Gasteiger partial charge < -0.3 is 25.1 Å². The zero-order chi connectivity index (χ0) is 21.0. The highest BCUT2D eigenvalue weighted by Gasteiger charge is 2.22. The van der Waals surface area contributed by atoms with Crippen molar-refractivity contribution in [2.45, 2.75) is 13.0 Å². The molecule has 3 aromatic heterocycles. The lowest BCUT2D eigenvalue weighted by molar-refractivity contribution is 0.0581. The maximum atomic E-state index is 12.3. The highest BCUT2D eigenvalue weighted by molar-refractivity contribution is 5.90. The maximum Gasteiger partial charge on any atom is 0.354 e. The van der Waals surface area contributed by atoms with Crippen LogP contribution >= 0.6 is 12.4 Å². The summed E-state index contributed by atoms with van der Waals surface area (Å²) in [7, 11) is 4.76. The summed E-state index contributed by atoms with van der Waals surface area (Å²) in [6, 6.07) is 3.36. The Bertz CT molecular complexity index is 1000. The van der Waals surface area contributed by atoms with Crippen molar-refractivity contribution in [1.29, 1.82) is 0 Å². The first kappa shape index (κ1) is 23.3. The molecule has 0 aliphatic heterocycles. The zero-order valence-electron chi connectivity index (χ0n) is 17.3. The number of aromatic nitrogens is 5. The first-order chi connectivity index (χ1) is 14.0. The van der Waals surface area contributed by atoms with Gasteiger partial charge >= 0.3 is 5.97 Å². The van der Waals surface area contributed by atoms with Crippen molar-refractivity contribution in [2.75, 3.05) is 32.7 Å². The lowest BCUT2D eigenvalue weighted by Crippen LogP contribution is -2.26. The summed E-state index contributed by atoms with van der Waals surface area (Å²) in [6.45, 7) is 2.58. The van der Waals surface area contributed by atoms with E-state index in [1.54, 1.807) is 34.8 Å². The Morgan fingerprint density at radius 2 is 2.13 bits per heavy atom. The van der Waals surface area contributed by atoms with Crippen molar-refractivity contribution in [1.82, 2.24) is 24.3 Å². The third-order valence-corrected chi connectivity index (χ3v) is 4.57. The minimum absolute atomic E-state index is 0. The lowest BCUT2D eigenvalue weighted by Gasteiger charge is -2.18. The normalized spacial score (nSPS) is 11.6. The third kappa shape index (κ3) is 4.78. The number of carbonyl (C=O) groups is 1. The zero-order valence-corrected chi connectivity index (χ0v) is 18.1. The van der Waals surface area contributed by atoms with Crippen LogP contribution in [0, 0.1) is 6.92 Å². The summed E-state index contributed by atoms with van der Waals surface area (Å²) in [5.74, 6) is 0.732. The van der Waals surface area contributed by atoms with Gasteiger partial charge in [0.2, 0.25) is 5.95 Å². The second-order valence-electron chi connectivity index (χ2n) is 6.55. The van der Waals surface area contributed by atoms with E-state index in [0.29, 0.717) is 30.5 Å². The Labute approximate surface area is 180 Å². The molecule has 0 bridgehead atoms. The molecule has 0 aliphatic rings. The molecule has 3 rings (SSSR count). The third-order valence-electron chi connectivity index (χ3n) is 4.57. The average Bonchev–Trinajstić information content (AvgIpc) is 3.33. The quantitative estimate of drug-likeness (QED) is 0.515. The van der Waals surface area contributed by atoms with Crippen molar-refractivity contribution in [2.24, 2.45) is 12.8 Å². The van der Waals surface area contributed by atoms with Gasteiger partial charge in [0.05, 0.1) is 31.6 Å². The molecule has 0 aliphatic carbocycles. The van der Waals surface area contributed by atoms with Gasteiger partial charge in [-0.2, -0.15) is 5.10 Å². The fraction of sp³-hybridized carbons (Fsp3) is 0.368. The first-order valence-corrected chi connectivity index (χ1v) is 9.06. The molecule has 0 spiro atoms. The molecule has 1 unspecified atom stereocenters. The van der Waals surface area contributed by atoms with Crippen LogP contribution in [0.5, 0.6) is 0 Å². The van der Waals surface area contributed by atoms with E-state index >= 15 is 0 Å². The molecule has 0 saturated carbocycles. The van der Waals surface area contributed by atoms with Crippen molar-refractivity contribution in [3.8, 4) is 11.3 Å². The molecule has 1 atom stereocenters. The summed E-state index contributed by atoms with van der Waals surface area (Å²) < 4.78 is 13.7. The fourth-order valence-electron chi connectivity index (χ4n) is 3.04. The van der Waals surface area contributed by atoms with E-state index in [-0.39, 0.29) is 18.4 Å². The van der Waals surface area contributed by atoms with Gasteiger partial charge in [0.1, 0.15) is 11.5 Å². The topological polar surface area (TPSA) is 122 Å². The number of anilines is 2. The van der Waals surface area contributed by atoms with E-state index in [1.165, 1.54) is 7.11 Å². The molecule has 0 fully saturated rings. The number of methoxy groups -OCH3 is 2. The Balaban J connectivity index is 0.00000320. The number of aryl methyl sites for hydroxylation is 2. The van der Waals surface area contributed by atoms with Crippen molar-refractivity contribution < 1.29 is 14.3 Å². The molecule has 0 aromatic carbocycles. The predicted octanol–water partition coefficient (Wildman–Crippen LogP) is 2.09. The van der Waals surface area contributed by atoms with Gasteiger partial charge in [0.25, 0.3) is 0 Å². The summed E-state index contributed by atoms with van der Waals surface area (Å²) in [6.07, 6.45) is 5.25. The summed E-state index contributed by atoms with van der Waals surface area (Å²) in [5.41, 5.74) is 8.60. The minimum Gasteiger partial charge on any atom is -0.464 e. The summed E-state index contributed by atoms with van der Waals surface area (Å²) in [5, 5.41) is 7.26. The highest BCUT2D eigenvalue weighted by atomic mass is 35.5. The van der Waals surface area contributed by atoms with Gasteiger partial charge in [-0.05, 0) is 18.6 Å². The van der Waals surface area contributed by atoms with Crippen LogP contribution in [0.4, 0.5) is 11.8 Å². The Kier molecular flexibility index (Phi) is 7.93. The van der Waals surface area contributed by atoms with Gasteiger partial charge in [-0.3, -0.25) is 4.68 Å². The van der Waals surface area contributed by atoms with Gasteiger partial charge in [-0.15, -0.1) is 12.4 Å². The lowest BCUT2D eigenvalue weighted by atomic mass is 10.1. The number of rotatable bonds is 8. The number of esters is 1. The SMILES string of the molecule is COCC(CN)n1cc(-c2nc(Nc3ccnn3C)ncc2C)cc1C(=O)OC.Cl. The van der Waals surface area contributed by atoms with Crippen LogP contribution in [0.15, 0.2) is 30.7 Å². The van der Waals surface area contributed by atoms with Crippen LogP contribution in [-0.4, -0.2) is 57.7 Å². The molecule has 0 radical (unpaired) electrons.